The van der Waals surface area contributed by atoms with Crippen LogP contribution in [-0.4, -0.2) is 26.9 Å². The summed E-state index contributed by atoms with van der Waals surface area (Å²) in [6.45, 7) is 0. The van der Waals surface area contributed by atoms with E-state index in [0.29, 0.717) is 15.8 Å². The van der Waals surface area contributed by atoms with E-state index in [1.807, 2.05) is 12.3 Å². The number of anilines is 1. The second-order valence-corrected chi connectivity index (χ2v) is 6.47. The van der Waals surface area contributed by atoms with Crippen molar-refractivity contribution in [2.45, 2.75) is 5.03 Å². The summed E-state index contributed by atoms with van der Waals surface area (Å²) in [7, 11) is 0. The summed E-state index contributed by atoms with van der Waals surface area (Å²) in [6.07, 6.45) is 5.17. The predicted molar refractivity (Wildman–Crippen MR) is 95.2 cm³/mol. The lowest BCUT2D eigenvalue weighted by molar-refractivity contribution is 0.102. The molecule has 122 valence electrons. The van der Waals surface area contributed by atoms with Gasteiger partial charge in [-0.25, -0.2) is 14.1 Å². The maximum atomic E-state index is 13.0. The molecule has 1 aromatic carbocycles. The Bertz CT molecular complexity index is 865. The maximum Gasteiger partial charge on any atom is 0.277 e. The van der Waals surface area contributed by atoms with Crippen LogP contribution in [0.25, 0.3) is 5.69 Å². The predicted octanol–water partition coefficient (Wildman–Crippen LogP) is 4.14. The summed E-state index contributed by atoms with van der Waals surface area (Å²) >= 11 is 4.85. The number of aromatic nitrogens is 3. The van der Waals surface area contributed by atoms with Gasteiger partial charge in [0.25, 0.3) is 5.91 Å². The summed E-state index contributed by atoms with van der Waals surface area (Å²) < 4.78 is 15.0. The van der Waals surface area contributed by atoms with Crippen LogP contribution in [0, 0.1) is 5.82 Å². The summed E-state index contributed by atoms with van der Waals surface area (Å²) in [6, 6.07) is 9.45. The molecule has 24 heavy (non-hydrogen) atoms. The van der Waals surface area contributed by atoms with Crippen LogP contribution in [0.4, 0.5) is 10.1 Å². The minimum Gasteiger partial charge on any atom is -0.319 e. The van der Waals surface area contributed by atoms with Gasteiger partial charge in [-0.05, 0) is 58.6 Å². The van der Waals surface area contributed by atoms with Gasteiger partial charge in [-0.2, -0.15) is 5.10 Å². The number of pyridine rings is 1. The largest absolute Gasteiger partial charge is 0.319 e. The van der Waals surface area contributed by atoms with Crippen LogP contribution in [0.5, 0.6) is 0 Å². The van der Waals surface area contributed by atoms with E-state index in [-0.39, 0.29) is 17.4 Å². The highest BCUT2D eigenvalue weighted by atomic mass is 79.9. The van der Waals surface area contributed by atoms with E-state index in [1.54, 1.807) is 30.6 Å². The third kappa shape index (κ3) is 3.65. The van der Waals surface area contributed by atoms with Crippen molar-refractivity contribution in [2.24, 2.45) is 0 Å². The van der Waals surface area contributed by atoms with Crippen LogP contribution in [-0.2, 0) is 0 Å². The normalized spacial score (nSPS) is 10.6. The second kappa shape index (κ2) is 7.14. The number of benzene rings is 1. The standard InChI is InChI=1S/C16H12BrFN4OS/c1-24-14-7-4-11(8-19-14)20-16(23)15-13(17)9-22(21-15)12-5-2-10(18)3-6-12/h2-9H,1H3,(H,20,23). The number of nitrogens with zero attached hydrogens (tertiary/aromatic N) is 3. The number of carbonyl (C=O) groups excluding carboxylic acids is 1. The van der Waals surface area contributed by atoms with Crippen LogP contribution in [0.3, 0.4) is 0 Å². The van der Waals surface area contributed by atoms with E-state index in [9.17, 15) is 9.18 Å². The molecule has 0 saturated carbocycles. The lowest BCUT2D eigenvalue weighted by atomic mass is 10.3. The molecular formula is C16H12BrFN4OS. The average molecular weight is 407 g/mol. The lowest BCUT2D eigenvalue weighted by Gasteiger charge is -2.04. The molecule has 0 atom stereocenters. The van der Waals surface area contributed by atoms with Gasteiger partial charge in [0.1, 0.15) is 5.82 Å². The van der Waals surface area contributed by atoms with Crippen LogP contribution >= 0.6 is 27.7 Å². The topological polar surface area (TPSA) is 59.8 Å². The number of carbonyl (C=O) groups is 1. The molecule has 0 unspecified atom stereocenters. The number of hydrogen-bond donors (Lipinski definition) is 1. The Labute approximate surface area is 150 Å². The molecule has 1 amide bonds. The average Bonchev–Trinajstić information content (AvgIpc) is 2.98. The van der Waals surface area contributed by atoms with Crippen molar-refractivity contribution in [2.75, 3.05) is 11.6 Å². The highest BCUT2D eigenvalue weighted by Gasteiger charge is 2.16. The van der Waals surface area contributed by atoms with Gasteiger partial charge in [-0.3, -0.25) is 4.79 Å². The Hall–Kier alpha value is -2.19. The number of amides is 1. The zero-order chi connectivity index (χ0) is 17.1. The van der Waals surface area contributed by atoms with E-state index < -0.39 is 0 Å². The molecule has 0 aliphatic heterocycles. The quantitative estimate of drug-likeness (QED) is 0.661. The van der Waals surface area contributed by atoms with Gasteiger partial charge in [0.2, 0.25) is 0 Å². The molecule has 3 aromatic rings. The molecule has 0 aliphatic rings. The van der Waals surface area contributed by atoms with E-state index in [0.717, 1.165) is 5.03 Å². The van der Waals surface area contributed by atoms with E-state index in [1.165, 1.54) is 28.6 Å². The maximum absolute atomic E-state index is 13.0. The third-order valence-corrected chi connectivity index (χ3v) is 4.42. The van der Waals surface area contributed by atoms with Crippen molar-refractivity contribution >= 4 is 39.3 Å². The molecule has 2 aromatic heterocycles. The Morgan fingerprint density at radius 2 is 2.00 bits per heavy atom. The lowest BCUT2D eigenvalue weighted by Crippen LogP contribution is -2.14. The van der Waals surface area contributed by atoms with Crippen molar-refractivity contribution in [1.29, 1.82) is 0 Å². The minimum absolute atomic E-state index is 0.230. The molecule has 0 spiro atoms. The molecular weight excluding hydrogens is 395 g/mol. The number of hydrogen-bond acceptors (Lipinski definition) is 4. The number of rotatable bonds is 4. The Kier molecular flexibility index (Phi) is 4.96. The van der Waals surface area contributed by atoms with E-state index in [4.69, 9.17) is 0 Å². The van der Waals surface area contributed by atoms with E-state index >= 15 is 0 Å². The Balaban J connectivity index is 1.81. The molecule has 2 heterocycles. The van der Waals surface area contributed by atoms with Crippen LogP contribution in [0.1, 0.15) is 10.5 Å². The Morgan fingerprint density at radius 3 is 2.62 bits per heavy atom. The van der Waals surface area contributed by atoms with Gasteiger partial charge in [0.15, 0.2) is 5.69 Å². The van der Waals surface area contributed by atoms with Crippen molar-refractivity contribution in [3.63, 3.8) is 0 Å². The molecule has 0 fully saturated rings. The molecule has 5 nitrogen and oxygen atoms in total. The van der Waals surface area contributed by atoms with Crippen LogP contribution < -0.4 is 5.32 Å². The monoisotopic (exact) mass is 406 g/mol. The fourth-order valence-electron chi connectivity index (χ4n) is 2.00. The van der Waals surface area contributed by atoms with Crippen molar-refractivity contribution in [3.8, 4) is 5.69 Å². The van der Waals surface area contributed by atoms with Gasteiger partial charge in [-0.1, -0.05) is 0 Å². The summed E-state index contributed by atoms with van der Waals surface area (Å²) in [5, 5.41) is 7.87. The molecule has 0 aliphatic carbocycles. The fraction of sp³-hybridized carbons (Fsp3) is 0.0625. The molecule has 0 saturated heterocycles. The van der Waals surface area contributed by atoms with Gasteiger partial charge in [0.05, 0.1) is 27.1 Å². The highest BCUT2D eigenvalue weighted by molar-refractivity contribution is 9.10. The molecule has 8 heteroatoms. The first kappa shape index (κ1) is 16.7. The number of nitrogens with one attached hydrogen (secondary N) is 1. The van der Waals surface area contributed by atoms with Gasteiger partial charge < -0.3 is 5.32 Å². The fourth-order valence-corrected chi connectivity index (χ4v) is 2.81. The second-order valence-electron chi connectivity index (χ2n) is 4.79. The summed E-state index contributed by atoms with van der Waals surface area (Å²) in [4.78, 5) is 16.6. The Morgan fingerprint density at radius 1 is 1.25 bits per heavy atom. The number of halogens is 2. The summed E-state index contributed by atoms with van der Waals surface area (Å²) in [5.41, 5.74) is 1.47. The first-order valence-corrected chi connectivity index (χ1v) is 8.91. The highest BCUT2D eigenvalue weighted by Crippen LogP contribution is 2.20. The molecule has 0 bridgehead atoms. The molecule has 0 radical (unpaired) electrons. The van der Waals surface area contributed by atoms with Crippen molar-refractivity contribution in [3.05, 3.63) is 64.8 Å². The van der Waals surface area contributed by atoms with Crippen molar-refractivity contribution in [1.82, 2.24) is 14.8 Å². The van der Waals surface area contributed by atoms with Crippen LogP contribution in [0.2, 0.25) is 0 Å². The smallest absolute Gasteiger partial charge is 0.277 e. The first-order chi connectivity index (χ1) is 11.6. The SMILES string of the molecule is CSc1ccc(NC(=O)c2nn(-c3ccc(F)cc3)cc2Br)cn1. The van der Waals surface area contributed by atoms with Gasteiger partial charge in [0, 0.05) is 6.20 Å². The number of thioether (sulfide) groups is 1. The van der Waals surface area contributed by atoms with Gasteiger partial charge in [-0.15, -0.1) is 11.8 Å². The van der Waals surface area contributed by atoms with Crippen molar-refractivity contribution < 1.29 is 9.18 Å². The van der Waals surface area contributed by atoms with Crippen LogP contribution in [0.15, 0.2) is 58.3 Å². The third-order valence-electron chi connectivity index (χ3n) is 3.18. The summed E-state index contributed by atoms with van der Waals surface area (Å²) in [5.74, 6) is -0.689. The molecule has 3 rings (SSSR count). The van der Waals surface area contributed by atoms with E-state index in [2.05, 4.69) is 31.3 Å². The first-order valence-electron chi connectivity index (χ1n) is 6.89. The van der Waals surface area contributed by atoms with Gasteiger partial charge >= 0.3 is 0 Å². The zero-order valence-electron chi connectivity index (χ0n) is 12.5. The zero-order valence-corrected chi connectivity index (χ0v) is 14.9. The molecule has 1 N–H and O–H groups in total. The minimum atomic E-state index is -0.360.